The van der Waals surface area contributed by atoms with Crippen LogP contribution in [0.2, 0.25) is 0 Å². The van der Waals surface area contributed by atoms with Crippen LogP contribution in [0.1, 0.15) is 44.8 Å². The Morgan fingerprint density at radius 2 is 2.32 bits per heavy atom. The van der Waals surface area contributed by atoms with E-state index in [0.717, 1.165) is 38.2 Å². The maximum atomic E-state index is 13.0. The van der Waals surface area contributed by atoms with Crippen molar-refractivity contribution < 1.29 is 4.39 Å². The second-order valence-corrected chi connectivity index (χ2v) is 5.21. The van der Waals surface area contributed by atoms with Crippen LogP contribution in [0.3, 0.4) is 0 Å². The number of halogens is 1. The van der Waals surface area contributed by atoms with Crippen molar-refractivity contribution in [2.75, 3.05) is 19.6 Å². The Morgan fingerprint density at radius 3 is 2.84 bits per heavy atom. The third-order valence-electron chi connectivity index (χ3n) is 3.86. The van der Waals surface area contributed by atoms with Crippen LogP contribution in [0.25, 0.3) is 0 Å². The van der Waals surface area contributed by atoms with Crippen molar-refractivity contribution in [3.05, 3.63) is 29.8 Å². The van der Waals surface area contributed by atoms with Crippen LogP contribution in [0, 0.1) is 5.82 Å². The van der Waals surface area contributed by atoms with Gasteiger partial charge in [-0.2, -0.15) is 0 Å². The van der Waals surface area contributed by atoms with E-state index in [1.165, 1.54) is 18.7 Å². The molecule has 4 heteroatoms. The summed E-state index contributed by atoms with van der Waals surface area (Å²) in [5, 5.41) is 3.43. The monoisotopic (exact) mass is 265 g/mol. The Kier molecular flexibility index (Phi) is 5.28. The van der Waals surface area contributed by atoms with Gasteiger partial charge in [0.25, 0.3) is 0 Å². The van der Waals surface area contributed by atoms with E-state index in [1.54, 1.807) is 0 Å². The smallest absolute Gasteiger partial charge is 0.141 e. The molecule has 1 aromatic rings. The van der Waals surface area contributed by atoms with Gasteiger partial charge in [-0.25, -0.2) is 4.39 Å². The number of rotatable bonds is 6. The van der Waals surface area contributed by atoms with Gasteiger partial charge in [-0.05, 0) is 44.5 Å². The van der Waals surface area contributed by atoms with Crippen molar-refractivity contribution >= 4 is 0 Å². The molecule has 1 aromatic heterocycles. The number of hydrogen-bond acceptors (Lipinski definition) is 3. The van der Waals surface area contributed by atoms with Crippen molar-refractivity contribution in [1.29, 1.82) is 0 Å². The summed E-state index contributed by atoms with van der Waals surface area (Å²) in [4.78, 5) is 6.83. The van der Waals surface area contributed by atoms with Crippen molar-refractivity contribution in [1.82, 2.24) is 15.2 Å². The minimum Gasteiger partial charge on any atom is -0.315 e. The summed E-state index contributed by atoms with van der Waals surface area (Å²) in [6.07, 6.45) is 4.66. The molecule has 1 fully saturated rings. The van der Waals surface area contributed by atoms with Crippen LogP contribution in [0.4, 0.5) is 4.39 Å². The normalized spacial score (nSPS) is 20.9. The standard InChI is InChI=1S/C15H24FN3/c1-3-9-19(13-7-8-17-11-13)15(4-2)14-6-5-12(16)10-18-14/h5-6,10,13,15,17H,3-4,7-9,11H2,1-2H3. The molecule has 19 heavy (non-hydrogen) atoms. The molecule has 1 aliphatic rings. The molecule has 1 N–H and O–H groups in total. The fourth-order valence-electron chi connectivity index (χ4n) is 2.97. The van der Waals surface area contributed by atoms with E-state index in [9.17, 15) is 4.39 Å². The molecule has 2 unspecified atom stereocenters. The molecule has 3 nitrogen and oxygen atoms in total. The summed E-state index contributed by atoms with van der Waals surface area (Å²) in [6, 6.07) is 4.22. The highest BCUT2D eigenvalue weighted by Crippen LogP contribution is 2.27. The van der Waals surface area contributed by atoms with Gasteiger partial charge in [0, 0.05) is 12.6 Å². The average molecular weight is 265 g/mol. The lowest BCUT2D eigenvalue weighted by molar-refractivity contribution is 0.135. The lowest BCUT2D eigenvalue weighted by Gasteiger charge is -2.35. The second-order valence-electron chi connectivity index (χ2n) is 5.21. The van der Waals surface area contributed by atoms with Gasteiger partial charge in [-0.15, -0.1) is 0 Å². The zero-order valence-corrected chi connectivity index (χ0v) is 11.9. The topological polar surface area (TPSA) is 28.2 Å². The predicted molar refractivity (Wildman–Crippen MR) is 75.5 cm³/mol. The minimum absolute atomic E-state index is 0.261. The number of hydrogen-bond donors (Lipinski definition) is 1. The van der Waals surface area contributed by atoms with E-state index in [1.807, 2.05) is 6.07 Å². The van der Waals surface area contributed by atoms with E-state index in [4.69, 9.17) is 0 Å². The first-order chi connectivity index (χ1) is 9.26. The summed E-state index contributed by atoms with van der Waals surface area (Å²) in [5.41, 5.74) is 0.990. The highest BCUT2D eigenvalue weighted by Gasteiger charge is 2.28. The van der Waals surface area contributed by atoms with Gasteiger partial charge in [0.1, 0.15) is 5.82 Å². The van der Waals surface area contributed by atoms with E-state index in [-0.39, 0.29) is 5.82 Å². The van der Waals surface area contributed by atoms with E-state index < -0.39 is 0 Å². The number of nitrogens with zero attached hydrogens (tertiary/aromatic N) is 2. The fraction of sp³-hybridized carbons (Fsp3) is 0.667. The Hall–Kier alpha value is -1.00. The molecule has 1 aliphatic heterocycles. The first-order valence-corrected chi connectivity index (χ1v) is 7.34. The molecule has 2 rings (SSSR count). The van der Waals surface area contributed by atoms with Gasteiger partial charge in [0.2, 0.25) is 0 Å². The van der Waals surface area contributed by atoms with E-state index >= 15 is 0 Å². The van der Waals surface area contributed by atoms with Gasteiger partial charge < -0.3 is 5.32 Å². The Labute approximate surface area is 115 Å². The molecule has 0 spiro atoms. The average Bonchev–Trinajstić information content (AvgIpc) is 2.94. The molecule has 0 radical (unpaired) electrons. The van der Waals surface area contributed by atoms with Gasteiger partial charge in [0.15, 0.2) is 0 Å². The lowest BCUT2D eigenvalue weighted by atomic mass is 10.0. The highest BCUT2D eigenvalue weighted by atomic mass is 19.1. The van der Waals surface area contributed by atoms with E-state index in [0.29, 0.717) is 12.1 Å². The molecule has 0 aliphatic carbocycles. The van der Waals surface area contributed by atoms with Crippen molar-refractivity contribution in [3.63, 3.8) is 0 Å². The molecular formula is C15H24FN3. The van der Waals surface area contributed by atoms with Crippen LogP contribution in [0.5, 0.6) is 0 Å². The molecule has 2 atom stereocenters. The summed E-state index contributed by atoms with van der Waals surface area (Å²) in [7, 11) is 0. The lowest BCUT2D eigenvalue weighted by Crippen LogP contribution is -2.40. The maximum Gasteiger partial charge on any atom is 0.141 e. The highest BCUT2D eigenvalue weighted by molar-refractivity contribution is 5.11. The maximum absolute atomic E-state index is 13.0. The van der Waals surface area contributed by atoms with Gasteiger partial charge in [-0.3, -0.25) is 9.88 Å². The molecule has 106 valence electrons. The van der Waals surface area contributed by atoms with Crippen LogP contribution in [-0.2, 0) is 0 Å². The first-order valence-electron chi connectivity index (χ1n) is 7.34. The summed E-state index contributed by atoms with van der Waals surface area (Å²) < 4.78 is 13.0. The van der Waals surface area contributed by atoms with Crippen molar-refractivity contribution in [3.8, 4) is 0 Å². The molecule has 0 saturated carbocycles. The van der Waals surface area contributed by atoms with Crippen molar-refractivity contribution in [2.45, 2.75) is 45.2 Å². The van der Waals surface area contributed by atoms with E-state index in [2.05, 4.69) is 29.0 Å². The van der Waals surface area contributed by atoms with Gasteiger partial charge in [0.05, 0.1) is 17.9 Å². The molecule has 0 bridgehead atoms. The Morgan fingerprint density at radius 1 is 1.47 bits per heavy atom. The first kappa shape index (κ1) is 14.4. The quantitative estimate of drug-likeness (QED) is 0.857. The molecule has 0 aromatic carbocycles. The number of pyridine rings is 1. The second kappa shape index (κ2) is 6.96. The van der Waals surface area contributed by atoms with Crippen LogP contribution < -0.4 is 5.32 Å². The molecule has 2 heterocycles. The van der Waals surface area contributed by atoms with Gasteiger partial charge in [-0.1, -0.05) is 13.8 Å². The largest absolute Gasteiger partial charge is 0.315 e. The SMILES string of the molecule is CCCN(C1CCNC1)C(CC)c1ccc(F)cn1. The third kappa shape index (κ3) is 3.51. The van der Waals surface area contributed by atoms with Crippen LogP contribution in [-0.4, -0.2) is 35.6 Å². The zero-order chi connectivity index (χ0) is 13.7. The molecule has 0 amide bonds. The van der Waals surface area contributed by atoms with Crippen molar-refractivity contribution in [2.24, 2.45) is 0 Å². The predicted octanol–water partition coefficient (Wildman–Crippen LogP) is 2.75. The fourth-order valence-corrected chi connectivity index (χ4v) is 2.97. The number of nitrogens with one attached hydrogen (secondary N) is 1. The summed E-state index contributed by atoms with van der Waals surface area (Å²) in [6.45, 7) is 7.61. The van der Waals surface area contributed by atoms with Gasteiger partial charge >= 0.3 is 0 Å². The summed E-state index contributed by atoms with van der Waals surface area (Å²) >= 11 is 0. The molecule has 1 saturated heterocycles. The minimum atomic E-state index is -0.261. The van der Waals surface area contributed by atoms with Crippen LogP contribution >= 0.6 is 0 Å². The van der Waals surface area contributed by atoms with Crippen LogP contribution in [0.15, 0.2) is 18.3 Å². The molecular weight excluding hydrogens is 241 g/mol. The Balaban J connectivity index is 2.18. The zero-order valence-electron chi connectivity index (χ0n) is 11.9. The Bertz CT molecular complexity index is 373. The third-order valence-corrected chi connectivity index (χ3v) is 3.86. The summed E-state index contributed by atoms with van der Waals surface area (Å²) in [5.74, 6) is -0.261. The number of aromatic nitrogens is 1.